The molecular formula is C14H9BrN4O2. The largest absolute Gasteiger partial charge is 0.477 e. The Labute approximate surface area is 127 Å². The van der Waals surface area contributed by atoms with Gasteiger partial charge >= 0.3 is 5.97 Å². The van der Waals surface area contributed by atoms with Crippen LogP contribution in [0.3, 0.4) is 0 Å². The number of carboxylic acid groups (broad SMARTS) is 1. The summed E-state index contributed by atoms with van der Waals surface area (Å²) in [5, 5.41) is 8.90. The number of carboxylic acids is 1. The molecule has 0 fully saturated rings. The molecule has 7 heteroatoms. The first-order valence-electron chi connectivity index (χ1n) is 5.99. The van der Waals surface area contributed by atoms with E-state index in [1.165, 1.54) is 12.4 Å². The maximum Gasteiger partial charge on any atom is 0.354 e. The number of pyridine rings is 1. The van der Waals surface area contributed by atoms with Gasteiger partial charge in [0.1, 0.15) is 12.0 Å². The summed E-state index contributed by atoms with van der Waals surface area (Å²) in [6, 6.07) is 5.23. The second-order valence-corrected chi connectivity index (χ2v) is 5.14. The minimum Gasteiger partial charge on any atom is -0.477 e. The maximum absolute atomic E-state index is 10.9. The van der Waals surface area contributed by atoms with Crippen LogP contribution in [0.2, 0.25) is 0 Å². The van der Waals surface area contributed by atoms with Crippen LogP contribution in [-0.4, -0.2) is 30.4 Å². The van der Waals surface area contributed by atoms with Gasteiger partial charge in [0.15, 0.2) is 5.69 Å². The third kappa shape index (κ3) is 2.82. The molecule has 0 unspecified atom stereocenters. The van der Waals surface area contributed by atoms with Crippen molar-refractivity contribution in [2.75, 3.05) is 0 Å². The second kappa shape index (κ2) is 5.45. The minimum atomic E-state index is -1.08. The van der Waals surface area contributed by atoms with Crippen molar-refractivity contribution >= 4 is 39.7 Å². The van der Waals surface area contributed by atoms with Crippen LogP contribution in [0.4, 0.5) is 0 Å². The fourth-order valence-corrected chi connectivity index (χ4v) is 2.18. The van der Waals surface area contributed by atoms with E-state index in [-0.39, 0.29) is 5.69 Å². The lowest BCUT2D eigenvalue weighted by atomic mass is 10.3. The zero-order valence-electron chi connectivity index (χ0n) is 10.6. The van der Waals surface area contributed by atoms with Gasteiger partial charge in [-0.15, -0.1) is 0 Å². The first kappa shape index (κ1) is 13.4. The Morgan fingerprint density at radius 2 is 2.10 bits per heavy atom. The number of imidazole rings is 1. The second-order valence-electron chi connectivity index (χ2n) is 4.23. The van der Waals surface area contributed by atoms with Gasteiger partial charge < -0.3 is 5.11 Å². The molecule has 6 nitrogen and oxygen atoms in total. The highest BCUT2D eigenvalue weighted by molar-refractivity contribution is 9.10. The number of fused-ring (bicyclic) bond motifs is 1. The summed E-state index contributed by atoms with van der Waals surface area (Å²) >= 11 is 3.41. The third-order valence-electron chi connectivity index (χ3n) is 2.83. The van der Waals surface area contributed by atoms with Crippen LogP contribution < -0.4 is 0 Å². The minimum absolute atomic E-state index is 0.0365. The molecule has 0 radical (unpaired) electrons. The fraction of sp³-hybridized carbons (Fsp3) is 0. The van der Waals surface area contributed by atoms with E-state index in [1.54, 1.807) is 12.3 Å². The van der Waals surface area contributed by atoms with Gasteiger partial charge in [-0.2, -0.15) is 0 Å². The first-order chi connectivity index (χ1) is 10.1. The molecule has 104 valence electrons. The summed E-state index contributed by atoms with van der Waals surface area (Å²) in [7, 11) is 0. The Balaban J connectivity index is 1.96. The number of hydrogen-bond acceptors (Lipinski definition) is 4. The summed E-state index contributed by atoms with van der Waals surface area (Å²) in [4.78, 5) is 22.8. The van der Waals surface area contributed by atoms with Crippen LogP contribution >= 0.6 is 15.9 Å². The molecule has 3 rings (SSSR count). The van der Waals surface area contributed by atoms with Gasteiger partial charge in [0.25, 0.3) is 0 Å². The van der Waals surface area contributed by atoms with E-state index in [0.29, 0.717) is 5.69 Å². The number of hydrogen-bond donors (Lipinski definition) is 1. The quantitative estimate of drug-likeness (QED) is 0.790. The number of nitrogens with zero attached hydrogens (tertiary/aromatic N) is 4. The topological polar surface area (TPSA) is 80.4 Å². The van der Waals surface area contributed by atoms with Crippen molar-refractivity contribution in [3.63, 3.8) is 0 Å². The lowest BCUT2D eigenvalue weighted by molar-refractivity contribution is 0.0690. The highest BCUT2D eigenvalue weighted by Crippen LogP contribution is 2.15. The van der Waals surface area contributed by atoms with Gasteiger partial charge in [-0.05, 0) is 46.3 Å². The number of carbonyl (C=O) groups is 1. The van der Waals surface area contributed by atoms with Crippen LogP contribution in [0, 0.1) is 0 Å². The molecular weight excluding hydrogens is 336 g/mol. The summed E-state index contributed by atoms with van der Waals surface area (Å²) in [6.45, 7) is 0. The van der Waals surface area contributed by atoms with Gasteiger partial charge in [0.05, 0.1) is 17.6 Å². The number of aromatic nitrogens is 4. The first-order valence-corrected chi connectivity index (χ1v) is 6.79. The monoisotopic (exact) mass is 344 g/mol. The van der Waals surface area contributed by atoms with Crippen LogP contribution in [0.15, 0.2) is 41.4 Å². The molecule has 21 heavy (non-hydrogen) atoms. The Bertz CT molecular complexity index is 857. The van der Waals surface area contributed by atoms with Gasteiger partial charge in [-0.1, -0.05) is 0 Å². The van der Waals surface area contributed by atoms with Gasteiger partial charge in [0, 0.05) is 10.7 Å². The molecule has 0 aliphatic heterocycles. The zero-order chi connectivity index (χ0) is 14.8. The zero-order valence-corrected chi connectivity index (χ0v) is 12.2. The number of rotatable bonds is 3. The van der Waals surface area contributed by atoms with E-state index in [2.05, 4.69) is 30.9 Å². The van der Waals surface area contributed by atoms with E-state index < -0.39 is 5.97 Å². The van der Waals surface area contributed by atoms with Crippen molar-refractivity contribution in [1.82, 2.24) is 19.4 Å². The Morgan fingerprint density at radius 3 is 2.90 bits per heavy atom. The highest BCUT2D eigenvalue weighted by Gasteiger charge is 2.05. The van der Waals surface area contributed by atoms with Gasteiger partial charge in [0.2, 0.25) is 0 Å². The molecule has 3 aromatic heterocycles. The van der Waals surface area contributed by atoms with E-state index in [1.807, 2.05) is 28.8 Å². The molecule has 3 heterocycles. The predicted octanol–water partition coefficient (Wildman–Crippen LogP) is 2.76. The Hall–Kier alpha value is -2.54. The molecule has 0 aromatic carbocycles. The summed E-state index contributed by atoms with van der Waals surface area (Å²) in [5.74, 6) is -1.08. The standard InChI is InChI=1S/C14H9BrN4O2/c15-9-1-4-13-16-6-11(19(13)7-9)3-2-10-5-12(14(20)21)18-8-17-10/h1-8H,(H,20,21). The van der Waals surface area contributed by atoms with Crippen LogP contribution in [0.5, 0.6) is 0 Å². The molecule has 0 aliphatic rings. The fourth-order valence-electron chi connectivity index (χ4n) is 1.85. The SMILES string of the molecule is O=C(O)c1cc(C=Cc2cnc3ccc(Br)cn23)ncn1. The summed E-state index contributed by atoms with van der Waals surface area (Å²) in [6.07, 6.45) is 8.41. The summed E-state index contributed by atoms with van der Waals surface area (Å²) < 4.78 is 2.86. The van der Waals surface area contributed by atoms with E-state index in [4.69, 9.17) is 5.11 Å². The highest BCUT2D eigenvalue weighted by atomic mass is 79.9. The van der Waals surface area contributed by atoms with Crippen molar-refractivity contribution in [3.8, 4) is 0 Å². The van der Waals surface area contributed by atoms with E-state index >= 15 is 0 Å². The molecule has 0 aliphatic carbocycles. The molecule has 0 atom stereocenters. The van der Waals surface area contributed by atoms with Crippen molar-refractivity contribution in [1.29, 1.82) is 0 Å². The van der Waals surface area contributed by atoms with Crippen LogP contribution in [0.1, 0.15) is 21.9 Å². The van der Waals surface area contributed by atoms with Crippen molar-refractivity contribution in [2.24, 2.45) is 0 Å². The molecule has 0 amide bonds. The summed E-state index contributed by atoms with van der Waals surface area (Å²) in [5.41, 5.74) is 2.17. The van der Waals surface area contributed by atoms with Crippen LogP contribution in [-0.2, 0) is 0 Å². The van der Waals surface area contributed by atoms with Crippen molar-refractivity contribution in [2.45, 2.75) is 0 Å². The predicted molar refractivity (Wildman–Crippen MR) is 80.8 cm³/mol. The Morgan fingerprint density at radius 1 is 1.24 bits per heavy atom. The van der Waals surface area contributed by atoms with Crippen LogP contribution in [0.25, 0.3) is 17.8 Å². The molecule has 3 aromatic rings. The third-order valence-corrected chi connectivity index (χ3v) is 3.30. The Kier molecular flexibility index (Phi) is 3.49. The number of halogens is 1. The smallest absolute Gasteiger partial charge is 0.354 e. The van der Waals surface area contributed by atoms with E-state index in [0.717, 1.165) is 15.8 Å². The molecule has 0 saturated heterocycles. The average Bonchev–Trinajstić information content (AvgIpc) is 2.87. The average molecular weight is 345 g/mol. The molecule has 0 saturated carbocycles. The number of aromatic carboxylic acids is 1. The maximum atomic E-state index is 10.9. The van der Waals surface area contributed by atoms with E-state index in [9.17, 15) is 4.79 Å². The van der Waals surface area contributed by atoms with Gasteiger partial charge in [-0.25, -0.2) is 19.7 Å². The normalized spacial score (nSPS) is 11.3. The lowest BCUT2D eigenvalue weighted by Crippen LogP contribution is -2.00. The molecule has 1 N–H and O–H groups in total. The van der Waals surface area contributed by atoms with Crippen molar-refractivity contribution in [3.05, 3.63) is 58.5 Å². The van der Waals surface area contributed by atoms with Crippen molar-refractivity contribution < 1.29 is 9.90 Å². The van der Waals surface area contributed by atoms with Gasteiger partial charge in [-0.3, -0.25) is 4.40 Å². The molecule has 0 bridgehead atoms. The lowest BCUT2D eigenvalue weighted by Gasteiger charge is -1.98. The molecule has 0 spiro atoms.